The topological polar surface area (TPSA) is 56.1 Å². The molecular weight excluding hydrogens is 334 g/mol. The largest absolute Gasteiger partial charge is 0.385 e. The molecule has 6 heteroatoms. The van der Waals surface area contributed by atoms with E-state index in [0.29, 0.717) is 12.3 Å². The summed E-state index contributed by atoms with van der Waals surface area (Å²) in [6, 6.07) is 9.50. The van der Waals surface area contributed by atoms with Crippen LogP contribution in [0.3, 0.4) is 0 Å². The van der Waals surface area contributed by atoms with Crippen molar-refractivity contribution in [3.05, 3.63) is 46.7 Å². The highest BCUT2D eigenvalue weighted by molar-refractivity contribution is 9.10. The summed E-state index contributed by atoms with van der Waals surface area (Å²) < 4.78 is 7.64. The molecule has 1 aromatic carbocycles. The minimum absolute atomic E-state index is 0.0495. The first kappa shape index (κ1) is 15.7. The average Bonchev–Trinajstić information content (AvgIpc) is 2.95. The van der Waals surface area contributed by atoms with Crippen molar-refractivity contribution in [3.8, 4) is 5.69 Å². The summed E-state index contributed by atoms with van der Waals surface area (Å²) in [7, 11) is 1.65. The van der Waals surface area contributed by atoms with Crippen molar-refractivity contribution in [3.63, 3.8) is 0 Å². The van der Waals surface area contributed by atoms with Gasteiger partial charge in [0, 0.05) is 30.4 Å². The van der Waals surface area contributed by atoms with E-state index in [9.17, 15) is 4.79 Å². The highest BCUT2D eigenvalue weighted by Gasteiger charge is 2.13. The second-order valence-corrected chi connectivity index (χ2v) is 5.70. The summed E-state index contributed by atoms with van der Waals surface area (Å²) in [5.41, 5.74) is 1.30. The van der Waals surface area contributed by atoms with Gasteiger partial charge in [0.25, 0.3) is 5.91 Å². The van der Waals surface area contributed by atoms with Crippen molar-refractivity contribution < 1.29 is 9.53 Å². The van der Waals surface area contributed by atoms with Gasteiger partial charge in [0.1, 0.15) is 0 Å². The van der Waals surface area contributed by atoms with Crippen LogP contribution in [0, 0.1) is 0 Å². The third-order valence-electron chi connectivity index (χ3n) is 3.03. The molecule has 0 saturated carbocycles. The highest BCUT2D eigenvalue weighted by Crippen LogP contribution is 2.15. The number of amides is 1. The van der Waals surface area contributed by atoms with Crippen molar-refractivity contribution >= 4 is 21.8 Å². The Kier molecular flexibility index (Phi) is 5.52. The van der Waals surface area contributed by atoms with Gasteiger partial charge >= 0.3 is 0 Å². The molecule has 0 radical (unpaired) electrons. The molecule has 1 aromatic heterocycles. The van der Waals surface area contributed by atoms with Crippen LogP contribution < -0.4 is 5.32 Å². The SMILES string of the molecule is COCCC(C)NC(=O)c1ccn(-c2cccc(Br)c2)n1. The number of aromatic nitrogens is 2. The van der Waals surface area contributed by atoms with Crippen LogP contribution in [-0.2, 0) is 4.74 Å². The van der Waals surface area contributed by atoms with E-state index in [1.54, 1.807) is 24.1 Å². The fourth-order valence-electron chi connectivity index (χ4n) is 1.87. The first-order valence-corrected chi connectivity index (χ1v) is 7.51. The zero-order valence-corrected chi connectivity index (χ0v) is 13.6. The number of nitrogens with one attached hydrogen (secondary N) is 1. The van der Waals surface area contributed by atoms with Crippen LogP contribution in [0.2, 0.25) is 0 Å². The molecule has 112 valence electrons. The van der Waals surface area contributed by atoms with Crippen LogP contribution in [0.5, 0.6) is 0 Å². The number of methoxy groups -OCH3 is 1. The predicted octanol–water partition coefficient (Wildman–Crippen LogP) is 2.79. The molecule has 0 aliphatic rings. The Hall–Kier alpha value is -1.66. The Labute approximate surface area is 132 Å². The van der Waals surface area contributed by atoms with Crippen molar-refractivity contribution in [1.82, 2.24) is 15.1 Å². The van der Waals surface area contributed by atoms with Gasteiger partial charge in [-0.3, -0.25) is 4.79 Å². The van der Waals surface area contributed by atoms with Gasteiger partial charge in [0.15, 0.2) is 5.69 Å². The Morgan fingerprint density at radius 3 is 3.00 bits per heavy atom. The third kappa shape index (κ3) is 4.41. The van der Waals surface area contributed by atoms with Crippen molar-refractivity contribution in [1.29, 1.82) is 0 Å². The maximum absolute atomic E-state index is 12.1. The van der Waals surface area contributed by atoms with E-state index in [2.05, 4.69) is 26.3 Å². The van der Waals surface area contributed by atoms with Gasteiger partial charge < -0.3 is 10.1 Å². The summed E-state index contributed by atoms with van der Waals surface area (Å²) in [5, 5.41) is 7.21. The molecule has 21 heavy (non-hydrogen) atoms. The second-order valence-electron chi connectivity index (χ2n) is 4.78. The number of benzene rings is 1. The lowest BCUT2D eigenvalue weighted by Gasteiger charge is -2.11. The van der Waals surface area contributed by atoms with E-state index >= 15 is 0 Å². The quantitative estimate of drug-likeness (QED) is 0.870. The molecular formula is C15H18BrN3O2. The molecule has 0 saturated heterocycles. The summed E-state index contributed by atoms with van der Waals surface area (Å²) >= 11 is 3.42. The normalized spacial score (nSPS) is 12.1. The number of carbonyl (C=O) groups is 1. The van der Waals surface area contributed by atoms with Crippen LogP contribution >= 0.6 is 15.9 Å². The van der Waals surface area contributed by atoms with E-state index < -0.39 is 0 Å². The lowest BCUT2D eigenvalue weighted by molar-refractivity contribution is 0.0924. The molecule has 5 nitrogen and oxygen atoms in total. The van der Waals surface area contributed by atoms with E-state index in [1.165, 1.54) is 0 Å². The van der Waals surface area contributed by atoms with Gasteiger partial charge in [-0.2, -0.15) is 5.10 Å². The van der Waals surface area contributed by atoms with E-state index in [4.69, 9.17) is 4.74 Å². The standard InChI is InChI=1S/C15H18BrN3O2/c1-11(7-9-21-2)17-15(20)14-6-8-19(18-14)13-5-3-4-12(16)10-13/h3-6,8,10-11H,7,9H2,1-2H3,(H,17,20). The third-order valence-corrected chi connectivity index (χ3v) is 3.52. The number of hydrogen-bond acceptors (Lipinski definition) is 3. The Morgan fingerprint density at radius 1 is 1.48 bits per heavy atom. The fourth-order valence-corrected chi connectivity index (χ4v) is 2.26. The Balaban J connectivity index is 2.04. The molecule has 1 amide bonds. The number of carbonyl (C=O) groups excluding carboxylic acids is 1. The first-order valence-electron chi connectivity index (χ1n) is 6.71. The molecule has 0 fully saturated rings. The Morgan fingerprint density at radius 2 is 2.29 bits per heavy atom. The van der Waals surface area contributed by atoms with Gasteiger partial charge in [0.05, 0.1) is 5.69 Å². The van der Waals surface area contributed by atoms with Gasteiger partial charge in [0.2, 0.25) is 0 Å². The van der Waals surface area contributed by atoms with E-state index in [1.807, 2.05) is 31.2 Å². The molecule has 0 aliphatic carbocycles. The minimum Gasteiger partial charge on any atom is -0.385 e. The molecule has 0 aliphatic heterocycles. The number of rotatable bonds is 6. The van der Waals surface area contributed by atoms with E-state index in [-0.39, 0.29) is 11.9 Å². The van der Waals surface area contributed by atoms with Crippen LogP contribution in [0.4, 0.5) is 0 Å². The average molecular weight is 352 g/mol. The predicted molar refractivity (Wildman–Crippen MR) is 84.7 cm³/mol. The summed E-state index contributed by atoms with van der Waals surface area (Å²) in [5.74, 6) is -0.174. The summed E-state index contributed by atoms with van der Waals surface area (Å²) in [6.07, 6.45) is 2.55. The van der Waals surface area contributed by atoms with Gasteiger partial charge in [-0.15, -0.1) is 0 Å². The molecule has 2 rings (SSSR count). The van der Waals surface area contributed by atoms with Gasteiger partial charge in [-0.05, 0) is 37.6 Å². The molecule has 1 atom stereocenters. The maximum atomic E-state index is 12.1. The highest BCUT2D eigenvalue weighted by atomic mass is 79.9. The smallest absolute Gasteiger partial charge is 0.271 e. The molecule has 2 aromatic rings. The summed E-state index contributed by atoms with van der Waals surface area (Å²) in [6.45, 7) is 2.57. The molecule has 1 heterocycles. The zero-order chi connectivity index (χ0) is 15.2. The van der Waals surface area contributed by atoms with Crippen LogP contribution in [0.25, 0.3) is 5.69 Å². The molecule has 1 unspecified atom stereocenters. The fraction of sp³-hybridized carbons (Fsp3) is 0.333. The number of nitrogens with zero attached hydrogens (tertiary/aromatic N) is 2. The maximum Gasteiger partial charge on any atom is 0.271 e. The molecule has 1 N–H and O–H groups in total. The monoisotopic (exact) mass is 351 g/mol. The van der Waals surface area contributed by atoms with Crippen molar-refractivity contribution in [2.45, 2.75) is 19.4 Å². The Bertz CT molecular complexity index is 612. The van der Waals surface area contributed by atoms with Crippen LogP contribution in [-0.4, -0.2) is 35.4 Å². The van der Waals surface area contributed by atoms with Crippen molar-refractivity contribution in [2.75, 3.05) is 13.7 Å². The second kappa shape index (κ2) is 7.38. The van der Waals surface area contributed by atoms with Gasteiger partial charge in [-0.25, -0.2) is 4.68 Å². The lowest BCUT2D eigenvalue weighted by atomic mass is 10.2. The number of ether oxygens (including phenoxy) is 1. The number of halogens is 1. The first-order chi connectivity index (χ1) is 10.1. The van der Waals surface area contributed by atoms with Crippen molar-refractivity contribution in [2.24, 2.45) is 0 Å². The minimum atomic E-state index is -0.174. The van der Waals surface area contributed by atoms with Crippen LogP contribution in [0.15, 0.2) is 41.0 Å². The molecule has 0 bridgehead atoms. The number of hydrogen-bond donors (Lipinski definition) is 1. The zero-order valence-electron chi connectivity index (χ0n) is 12.0. The lowest BCUT2D eigenvalue weighted by Crippen LogP contribution is -2.33. The summed E-state index contributed by atoms with van der Waals surface area (Å²) in [4.78, 5) is 12.1. The van der Waals surface area contributed by atoms with Gasteiger partial charge in [-0.1, -0.05) is 22.0 Å². The van der Waals surface area contributed by atoms with Crippen LogP contribution in [0.1, 0.15) is 23.8 Å². The van der Waals surface area contributed by atoms with E-state index in [0.717, 1.165) is 16.6 Å². The molecule has 0 spiro atoms.